The van der Waals surface area contributed by atoms with Gasteiger partial charge in [-0.15, -0.1) is 0 Å². The molecular formula is C19H26N2O3. The van der Waals surface area contributed by atoms with Crippen molar-refractivity contribution < 1.29 is 5.11 Å². The van der Waals surface area contributed by atoms with Gasteiger partial charge in [0, 0.05) is 18.9 Å². The van der Waals surface area contributed by atoms with Crippen molar-refractivity contribution in [1.29, 1.82) is 0 Å². The maximum atomic E-state index is 12.1. The number of aliphatic hydroxyl groups is 1. The Balaban J connectivity index is 2.02. The summed E-state index contributed by atoms with van der Waals surface area (Å²) < 4.78 is 1.46. The first kappa shape index (κ1) is 18.3. The molecule has 2 rings (SSSR count). The van der Waals surface area contributed by atoms with Gasteiger partial charge in [0.2, 0.25) is 0 Å². The molecule has 24 heavy (non-hydrogen) atoms. The van der Waals surface area contributed by atoms with Crippen LogP contribution in [0.4, 0.5) is 0 Å². The number of unbranched alkanes of at least 4 members (excludes halogenated alkanes) is 6. The average molecular weight is 330 g/mol. The standard InChI is InChI=1S/C19H26N2O3/c1-2-3-4-5-6-7-8-9-10-15-14-18(23)20-19(24)21(15)16-11-12-17(22)13-16/h11-12,14,16-17,22H,2-8,13H2,1H3,(H,20,23,24). The van der Waals surface area contributed by atoms with Crippen LogP contribution in [0.1, 0.15) is 70.0 Å². The van der Waals surface area contributed by atoms with Crippen LogP contribution in [-0.2, 0) is 0 Å². The van der Waals surface area contributed by atoms with Crippen molar-refractivity contribution in [3.63, 3.8) is 0 Å². The van der Waals surface area contributed by atoms with Crippen LogP contribution < -0.4 is 11.2 Å². The van der Waals surface area contributed by atoms with Gasteiger partial charge < -0.3 is 5.11 Å². The van der Waals surface area contributed by atoms with Gasteiger partial charge in [0.1, 0.15) is 5.69 Å². The minimum atomic E-state index is -0.558. The Bertz CT molecular complexity index is 733. The van der Waals surface area contributed by atoms with E-state index in [1.54, 1.807) is 12.2 Å². The molecule has 1 aromatic rings. The summed E-state index contributed by atoms with van der Waals surface area (Å²) in [5, 5.41) is 9.62. The second kappa shape index (κ2) is 9.29. The highest BCUT2D eigenvalue weighted by molar-refractivity contribution is 5.28. The van der Waals surface area contributed by atoms with E-state index in [0.29, 0.717) is 12.1 Å². The first-order valence-corrected chi connectivity index (χ1v) is 8.83. The summed E-state index contributed by atoms with van der Waals surface area (Å²) in [7, 11) is 0. The van der Waals surface area contributed by atoms with E-state index in [2.05, 4.69) is 23.7 Å². The van der Waals surface area contributed by atoms with E-state index in [1.165, 1.54) is 36.3 Å². The predicted octanol–water partition coefficient (Wildman–Crippen LogP) is 2.50. The summed E-state index contributed by atoms with van der Waals surface area (Å²) in [6.07, 6.45) is 11.3. The van der Waals surface area contributed by atoms with Crippen LogP contribution >= 0.6 is 0 Å². The van der Waals surface area contributed by atoms with Gasteiger partial charge in [-0.3, -0.25) is 14.3 Å². The molecule has 0 aromatic carbocycles. The highest BCUT2D eigenvalue weighted by Gasteiger charge is 2.21. The Morgan fingerprint density at radius 3 is 2.67 bits per heavy atom. The Morgan fingerprint density at radius 1 is 1.21 bits per heavy atom. The zero-order valence-electron chi connectivity index (χ0n) is 14.3. The number of hydrogen-bond acceptors (Lipinski definition) is 3. The monoisotopic (exact) mass is 330 g/mol. The molecule has 130 valence electrons. The summed E-state index contributed by atoms with van der Waals surface area (Å²) in [6, 6.07) is 1.09. The first-order chi connectivity index (χ1) is 11.6. The van der Waals surface area contributed by atoms with Crippen molar-refractivity contribution >= 4 is 0 Å². The quantitative estimate of drug-likeness (QED) is 0.458. The fourth-order valence-electron chi connectivity index (χ4n) is 2.93. The lowest BCUT2D eigenvalue weighted by Crippen LogP contribution is -2.33. The molecule has 0 radical (unpaired) electrons. The minimum absolute atomic E-state index is 0.261. The third-order valence-corrected chi connectivity index (χ3v) is 4.22. The van der Waals surface area contributed by atoms with Crippen molar-refractivity contribution in [2.45, 2.75) is 70.4 Å². The maximum Gasteiger partial charge on any atom is 0.329 e. The molecule has 0 saturated heterocycles. The van der Waals surface area contributed by atoms with E-state index in [9.17, 15) is 14.7 Å². The Hall–Kier alpha value is -2.06. The van der Waals surface area contributed by atoms with Crippen molar-refractivity contribution in [1.82, 2.24) is 9.55 Å². The third-order valence-electron chi connectivity index (χ3n) is 4.22. The van der Waals surface area contributed by atoms with E-state index >= 15 is 0 Å². The van der Waals surface area contributed by atoms with Crippen molar-refractivity contribution in [3.8, 4) is 11.8 Å². The van der Waals surface area contributed by atoms with E-state index < -0.39 is 17.4 Å². The first-order valence-electron chi connectivity index (χ1n) is 8.83. The van der Waals surface area contributed by atoms with Crippen LogP contribution in [0.25, 0.3) is 0 Å². The highest BCUT2D eigenvalue weighted by atomic mass is 16.3. The smallest absolute Gasteiger partial charge is 0.329 e. The Morgan fingerprint density at radius 2 is 1.96 bits per heavy atom. The SMILES string of the molecule is CCCCCCCCC#Cc1cc(=O)[nH]c(=O)n1C1C=CC(O)C1. The lowest BCUT2D eigenvalue weighted by molar-refractivity contribution is 0.209. The number of aliphatic hydroxyl groups excluding tert-OH is 1. The normalized spacial score (nSPS) is 19.2. The molecule has 2 atom stereocenters. The van der Waals surface area contributed by atoms with E-state index in [4.69, 9.17) is 0 Å². The molecule has 5 nitrogen and oxygen atoms in total. The molecule has 0 spiro atoms. The number of nitrogens with zero attached hydrogens (tertiary/aromatic N) is 1. The molecule has 0 bridgehead atoms. The summed E-state index contributed by atoms with van der Waals surface area (Å²) in [5.74, 6) is 6.04. The molecule has 1 aliphatic carbocycles. The number of hydrogen-bond donors (Lipinski definition) is 2. The Kier molecular flexibility index (Phi) is 7.07. The van der Waals surface area contributed by atoms with Crippen LogP contribution in [0, 0.1) is 11.8 Å². The molecule has 0 saturated carbocycles. The van der Waals surface area contributed by atoms with E-state index in [0.717, 1.165) is 19.3 Å². The van der Waals surface area contributed by atoms with Gasteiger partial charge >= 0.3 is 5.69 Å². The predicted molar refractivity (Wildman–Crippen MR) is 95.0 cm³/mol. The van der Waals surface area contributed by atoms with Gasteiger partial charge in [0.25, 0.3) is 5.56 Å². The summed E-state index contributed by atoms with van der Waals surface area (Å²) in [5.41, 5.74) is -0.503. The number of allylic oxidation sites excluding steroid dienone is 1. The van der Waals surface area contributed by atoms with E-state index in [-0.39, 0.29) is 6.04 Å². The number of aromatic nitrogens is 2. The fourth-order valence-corrected chi connectivity index (χ4v) is 2.93. The van der Waals surface area contributed by atoms with Crippen molar-refractivity contribution in [2.75, 3.05) is 0 Å². The zero-order chi connectivity index (χ0) is 17.4. The number of nitrogens with one attached hydrogen (secondary N) is 1. The number of rotatable bonds is 7. The zero-order valence-corrected chi connectivity index (χ0v) is 14.3. The Labute approximate surface area is 142 Å². The fraction of sp³-hybridized carbons (Fsp3) is 0.579. The van der Waals surface area contributed by atoms with Gasteiger partial charge in [-0.25, -0.2) is 4.79 Å². The summed E-state index contributed by atoms with van der Waals surface area (Å²) in [4.78, 5) is 26.0. The second-order valence-electron chi connectivity index (χ2n) is 6.27. The minimum Gasteiger partial charge on any atom is -0.389 e. The van der Waals surface area contributed by atoms with Gasteiger partial charge in [-0.05, 0) is 12.3 Å². The molecule has 1 aliphatic rings. The maximum absolute atomic E-state index is 12.1. The second-order valence-corrected chi connectivity index (χ2v) is 6.27. The lowest BCUT2D eigenvalue weighted by atomic mass is 10.1. The molecular weight excluding hydrogens is 304 g/mol. The molecule has 0 fully saturated rings. The molecule has 1 heterocycles. The van der Waals surface area contributed by atoms with Crippen molar-refractivity contribution in [3.05, 3.63) is 44.8 Å². The largest absolute Gasteiger partial charge is 0.389 e. The summed E-state index contributed by atoms with van der Waals surface area (Å²) >= 11 is 0. The van der Waals surface area contributed by atoms with Crippen LogP contribution in [0.3, 0.4) is 0 Å². The molecule has 0 amide bonds. The van der Waals surface area contributed by atoms with Gasteiger partial charge in [-0.2, -0.15) is 0 Å². The highest BCUT2D eigenvalue weighted by Crippen LogP contribution is 2.22. The molecule has 0 aliphatic heterocycles. The van der Waals surface area contributed by atoms with Crippen LogP contribution in [-0.4, -0.2) is 20.8 Å². The third kappa shape index (κ3) is 5.24. The van der Waals surface area contributed by atoms with Gasteiger partial charge in [0.05, 0.1) is 12.1 Å². The molecule has 2 N–H and O–H groups in total. The molecule has 5 heteroatoms. The number of H-pyrrole nitrogens is 1. The van der Waals surface area contributed by atoms with Crippen molar-refractivity contribution in [2.24, 2.45) is 0 Å². The average Bonchev–Trinajstić information content (AvgIpc) is 2.95. The van der Waals surface area contributed by atoms with E-state index in [1.807, 2.05) is 0 Å². The molecule has 2 unspecified atom stereocenters. The number of aromatic amines is 1. The summed E-state index contributed by atoms with van der Waals surface area (Å²) in [6.45, 7) is 2.20. The topological polar surface area (TPSA) is 75.1 Å². The van der Waals surface area contributed by atoms with Gasteiger partial charge in [0.15, 0.2) is 0 Å². The van der Waals surface area contributed by atoms with Crippen LogP contribution in [0.2, 0.25) is 0 Å². The van der Waals surface area contributed by atoms with Gasteiger partial charge in [-0.1, -0.05) is 57.1 Å². The van der Waals surface area contributed by atoms with Crippen LogP contribution in [0.15, 0.2) is 27.8 Å². The molecule has 1 aromatic heterocycles. The lowest BCUT2D eigenvalue weighted by Gasteiger charge is -2.14. The van der Waals surface area contributed by atoms with Crippen LogP contribution in [0.5, 0.6) is 0 Å².